The number of nitrogens with zero attached hydrogens (tertiary/aromatic N) is 1. The Morgan fingerprint density at radius 1 is 1.22 bits per heavy atom. The van der Waals surface area contributed by atoms with Crippen LogP contribution < -0.4 is 0 Å². The molecule has 0 unspecified atom stereocenters. The highest BCUT2D eigenvalue weighted by molar-refractivity contribution is 9.09. The second-order valence-electron chi connectivity index (χ2n) is 3.06. The van der Waals surface area contributed by atoms with E-state index in [0.717, 1.165) is 9.81 Å². The third-order valence-electron chi connectivity index (χ3n) is 0.963. The number of alkyl halides is 1. The third kappa shape index (κ3) is 11.8. The highest BCUT2D eigenvalue weighted by Crippen LogP contribution is 1.95. The number of halogens is 1. The SMILES string of the molecule is C[N+](C)(C)CCCBr.[OH-]. The largest absolute Gasteiger partial charge is 0.870 e. The van der Waals surface area contributed by atoms with Gasteiger partial charge < -0.3 is 9.96 Å². The van der Waals surface area contributed by atoms with Gasteiger partial charge in [0, 0.05) is 11.8 Å². The Balaban J connectivity index is 0. The molecule has 0 radical (unpaired) electrons. The van der Waals surface area contributed by atoms with Gasteiger partial charge in [0.15, 0.2) is 0 Å². The van der Waals surface area contributed by atoms with Crippen molar-refractivity contribution in [2.45, 2.75) is 6.42 Å². The van der Waals surface area contributed by atoms with Gasteiger partial charge in [-0.15, -0.1) is 0 Å². The summed E-state index contributed by atoms with van der Waals surface area (Å²) in [5.74, 6) is 0. The van der Waals surface area contributed by atoms with Gasteiger partial charge in [0.05, 0.1) is 27.7 Å². The van der Waals surface area contributed by atoms with Crippen LogP contribution in [0.25, 0.3) is 0 Å². The van der Waals surface area contributed by atoms with Gasteiger partial charge in [0.2, 0.25) is 0 Å². The van der Waals surface area contributed by atoms with Crippen molar-refractivity contribution in [1.82, 2.24) is 0 Å². The first-order chi connectivity index (χ1) is 3.56. The minimum Gasteiger partial charge on any atom is -0.870 e. The van der Waals surface area contributed by atoms with Crippen molar-refractivity contribution in [3.63, 3.8) is 0 Å². The molecule has 0 aliphatic heterocycles. The van der Waals surface area contributed by atoms with Crippen LogP contribution >= 0.6 is 15.9 Å². The van der Waals surface area contributed by atoms with Gasteiger partial charge in [-0.05, 0) is 0 Å². The number of quaternary nitrogens is 1. The Hall–Kier alpha value is 0.400. The average Bonchev–Trinajstić information content (AvgIpc) is 1.59. The van der Waals surface area contributed by atoms with E-state index >= 15 is 0 Å². The van der Waals surface area contributed by atoms with Crippen LogP contribution in [0.15, 0.2) is 0 Å². The molecule has 2 nitrogen and oxygen atoms in total. The summed E-state index contributed by atoms with van der Waals surface area (Å²) >= 11 is 3.39. The molecule has 0 aromatic carbocycles. The van der Waals surface area contributed by atoms with Gasteiger partial charge in [-0.1, -0.05) is 15.9 Å². The maximum atomic E-state index is 3.39. The van der Waals surface area contributed by atoms with Crippen molar-refractivity contribution in [3.8, 4) is 0 Å². The molecule has 0 atom stereocenters. The van der Waals surface area contributed by atoms with E-state index in [4.69, 9.17) is 0 Å². The predicted octanol–water partition coefficient (Wildman–Crippen LogP) is 1.30. The van der Waals surface area contributed by atoms with Crippen LogP contribution in [0.2, 0.25) is 0 Å². The molecule has 0 heterocycles. The van der Waals surface area contributed by atoms with Crippen LogP contribution in [0.5, 0.6) is 0 Å². The summed E-state index contributed by atoms with van der Waals surface area (Å²) in [5, 5.41) is 1.13. The van der Waals surface area contributed by atoms with Crippen molar-refractivity contribution in [1.29, 1.82) is 0 Å². The average molecular weight is 198 g/mol. The summed E-state index contributed by atoms with van der Waals surface area (Å²) in [5.41, 5.74) is 0. The number of hydrogen-bond donors (Lipinski definition) is 0. The monoisotopic (exact) mass is 197 g/mol. The zero-order chi connectivity index (χ0) is 6.62. The molecule has 0 saturated carbocycles. The van der Waals surface area contributed by atoms with Gasteiger partial charge in [-0.25, -0.2) is 0 Å². The minimum atomic E-state index is 0. The summed E-state index contributed by atoms with van der Waals surface area (Å²) in [6.07, 6.45) is 1.27. The molecule has 0 aliphatic rings. The third-order valence-corrected chi connectivity index (χ3v) is 1.52. The van der Waals surface area contributed by atoms with E-state index in [1.54, 1.807) is 0 Å². The van der Waals surface area contributed by atoms with Crippen molar-refractivity contribution in [2.75, 3.05) is 33.0 Å². The Bertz CT molecular complexity index is 60.6. The molecular weight excluding hydrogens is 182 g/mol. The summed E-state index contributed by atoms with van der Waals surface area (Å²) in [7, 11) is 6.63. The van der Waals surface area contributed by atoms with E-state index in [-0.39, 0.29) is 5.48 Å². The fourth-order valence-electron chi connectivity index (χ4n) is 0.534. The predicted molar refractivity (Wildman–Crippen MR) is 43.2 cm³/mol. The zero-order valence-corrected chi connectivity index (χ0v) is 7.98. The quantitative estimate of drug-likeness (QED) is 0.496. The molecule has 58 valence electrons. The molecule has 9 heavy (non-hydrogen) atoms. The summed E-state index contributed by atoms with van der Waals surface area (Å²) in [6, 6.07) is 0. The summed E-state index contributed by atoms with van der Waals surface area (Å²) in [4.78, 5) is 0. The Kier molecular flexibility index (Phi) is 7.01. The molecule has 0 aromatic rings. The first-order valence-corrected chi connectivity index (χ1v) is 4.05. The van der Waals surface area contributed by atoms with Crippen LogP contribution in [-0.4, -0.2) is 43.0 Å². The second-order valence-corrected chi connectivity index (χ2v) is 3.85. The standard InChI is InChI=1S/C6H15BrN.H2O/c1-8(2,3)6-4-5-7;/h4-6H2,1-3H3;1H2/q+1;/p-1. The molecule has 0 bridgehead atoms. The van der Waals surface area contributed by atoms with E-state index in [1.165, 1.54) is 13.0 Å². The van der Waals surface area contributed by atoms with E-state index < -0.39 is 0 Å². The first kappa shape index (κ1) is 12.1. The molecular formula is C6H16BrNO. The normalized spacial score (nSPS) is 10.7. The molecule has 0 spiro atoms. The van der Waals surface area contributed by atoms with Crippen molar-refractivity contribution in [3.05, 3.63) is 0 Å². The van der Waals surface area contributed by atoms with Crippen LogP contribution in [-0.2, 0) is 0 Å². The van der Waals surface area contributed by atoms with E-state index in [2.05, 4.69) is 37.1 Å². The first-order valence-electron chi connectivity index (χ1n) is 2.93. The van der Waals surface area contributed by atoms with Gasteiger partial charge in [-0.2, -0.15) is 0 Å². The molecule has 0 aromatic heterocycles. The highest BCUT2D eigenvalue weighted by Gasteiger charge is 2.03. The van der Waals surface area contributed by atoms with Crippen LogP contribution in [0.4, 0.5) is 0 Å². The fourth-order valence-corrected chi connectivity index (χ4v) is 0.785. The fraction of sp³-hybridized carbons (Fsp3) is 1.00. The molecule has 0 rings (SSSR count). The van der Waals surface area contributed by atoms with Gasteiger partial charge in [0.25, 0.3) is 0 Å². The molecule has 0 aliphatic carbocycles. The molecule has 3 heteroatoms. The van der Waals surface area contributed by atoms with E-state index in [0.29, 0.717) is 0 Å². The molecule has 0 saturated heterocycles. The minimum absolute atomic E-state index is 0. The lowest BCUT2D eigenvalue weighted by atomic mass is 10.4. The lowest BCUT2D eigenvalue weighted by Gasteiger charge is -2.22. The van der Waals surface area contributed by atoms with Crippen molar-refractivity contribution >= 4 is 15.9 Å². The van der Waals surface area contributed by atoms with E-state index in [1.807, 2.05) is 0 Å². The zero-order valence-electron chi connectivity index (χ0n) is 6.39. The summed E-state index contributed by atoms with van der Waals surface area (Å²) < 4.78 is 1.08. The van der Waals surface area contributed by atoms with E-state index in [9.17, 15) is 0 Å². The maximum absolute atomic E-state index is 3.39. The van der Waals surface area contributed by atoms with Crippen LogP contribution in [0.1, 0.15) is 6.42 Å². The van der Waals surface area contributed by atoms with Gasteiger partial charge >= 0.3 is 0 Å². The Morgan fingerprint density at radius 3 is 1.78 bits per heavy atom. The Labute approximate surface area is 65.9 Å². The number of rotatable bonds is 3. The van der Waals surface area contributed by atoms with Crippen LogP contribution in [0, 0.1) is 0 Å². The van der Waals surface area contributed by atoms with Gasteiger partial charge in [-0.3, -0.25) is 0 Å². The smallest absolute Gasteiger partial charge is 0.0788 e. The molecule has 0 fully saturated rings. The molecule has 1 N–H and O–H groups in total. The topological polar surface area (TPSA) is 30.0 Å². The molecule has 0 amide bonds. The second kappa shape index (κ2) is 5.21. The van der Waals surface area contributed by atoms with Crippen molar-refractivity contribution < 1.29 is 9.96 Å². The lowest BCUT2D eigenvalue weighted by molar-refractivity contribution is -0.870. The van der Waals surface area contributed by atoms with Gasteiger partial charge in [0.1, 0.15) is 0 Å². The Morgan fingerprint density at radius 2 is 1.67 bits per heavy atom. The summed E-state index contributed by atoms with van der Waals surface area (Å²) in [6.45, 7) is 1.26. The maximum Gasteiger partial charge on any atom is 0.0788 e. The van der Waals surface area contributed by atoms with Crippen molar-refractivity contribution in [2.24, 2.45) is 0 Å². The number of hydrogen-bond acceptors (Lipinski definition) is 1. The lowest BCUT2D eigenvalue weighted by Crippen LogP contribution is -2.35. The highest BCUT2D eigenvalue weighted by atomic mass is 79.9. The van der Waals surface area contributed by atoms with Crippen LogP contribution in [0.3, 0.4) is 0 Å².